The van der Waals surface area contributed by atoms with Crippen molar-refractivity contribution in [3.63, 3.8) is 0 Å². The van der Waals surface area contributed by atoms with Crippen LogP contribution in [0.25, 0.3) is 22.6 Å². The van der Waals surface area contributed by atoms with Gasteiger partial charge in [0, 0.05) is 49.2 Å². The van der Waals surface area contributed by atoms with Crippen LogP contribution < -0.4 is 0 Å². The van der Waals surface area contributed by atoms with Gasteiger partial charge in [0.2, 0.25) is 0 Å². The molecule has 30 heavy (non-hydrogen) atoms. The number of aromatic amines is 1. The SMILES string of the molecule is Cc1[nH]c(-c2cc(-c3cncc(S(C)(=O)=O)c3)ccn2)nc1C(=O)N1CCOCC1. The van der Waals surface area contributed by atoms with Crippen LogP contribution in [-0.2, 0) is 14.6 Å². The zero-order valence-electron chi connectivity index (χ0n) is 16.6. The molecule has 4 heterocycles. The number of carbonyl (C=O) groups excluding carboxylic acids is 1. The maximum absolute atomic E-state index is 12.8. The molecule has 1 N–H and O–H groups in total. The molecule has 156 valence electrons. The quantitative estimate of drug-likeness (QED) is 0.673. The minimum Gasteiger partial charge on any atom is -0.378 e. The Kier molecular flexibility index (Phi) is 5.35. The van der Waals surface area contributed by atoms with Crippen LogP contribution >= 0.6 is 0 Å². The molecule has 0 atom stereocenters. The standard InChI is InChI=1S/C20H21N5O4S/c1-13-18(20(26)25-5-7-29-8-6-25)24-19(23-13)17-10-14(3-4-22-17)15-9-16(12-21-11-15)30(2,27)28/h3-4,9-12H,5-8H2,1-2H3,(H,23,24). The lowest BCUT2D eigenvalue weighted by molar-refractivity contribution is 0.0299. The van der Waals surface area contributed by atoms with E-state index in [1.54, 1.807) is 42.4 Å². The molecule has 0 aliphatic carbocycles. The van der Waals surface area contributed by atoms with Gasteiger partial charge in [-0.15, -0.1) is 0 Å². The summed E-state index contributed by atoms with van der Waals surface area (Å²) in [7, 11) is -3.37. The molecule has 0 bridgehead atoms. The number of carbonyl (C=O) groups is 1. The van der Waals surface area contributed by atoms with Crippen molar-refractivity contribution < 1.29 is 17.9 Å². The normalized spacial score (nSPS) is 14.7. The first-order valence-electron chi connectivity index (χ1n) is 9.38. The molecule has 9 nitrogen and oxygen atoms in total. The fourth-order valence-corrected chi connectivity index (χ4v) is 3.82. The molecular weight excluding hydrogens is 406 g/mol. The Morgan fingerprint density at radius 1 is 1.17 bits per heavy atom. The third-order valence-corrected chi connectivity index (χ3v) is 5.94. The molecule has 1 aliphatic heterocycles. The van der Waals surface area contributed by atoms with E-state index in [9.17, 15) is 13.2 Å². The Morgan fingerprint density at radius 2 is 1.93 bits per heavy atom. The summed E-state index contributed by atoms with van der Waals surface area (Å²) in [6.45, 7) is 3.92. The number of aromatic nitrogens is 4. The van der Waals surface area contributed by atoms with E-state index in [4.69, 9.17) is 4.74 Å². The third kappa shape index (κ3) is 4.10. The lowest BCUT2D eigenvalue weighted by atomic mass is 10.1. The molecule has 0 aromatic carbocycles. The number of ether oxygens (including phenoxy) is 1. The van der Waals surface area contributed by atoms with Crippen LogP contribution in [0.4, 0.5) is 0 Å². The highest BCUT2D eigenvalue weighted by molar-refractivity contribution is 7.90. The van der Waals surface area contributed by atoms with Gasteiger partial charge >= 0.3 is 0 Å². The smallest absolute Gasteiger partial charge is 0.274 e. The Morgan fingerprint density at radius 3 is 2.67 bits per heavy atom. The van der Waals surface area contributed by atoms with E-state index in [1.165, 1.54) is 6.20 Å². The molecule has 0 saturated carbocycles. The highest BCUT2D eigenvalue weighted by atomic mass is 32.2. The van der Waals surface area contributed by atoms with Crippen molar-refractivity contribution in [2.45, 2.75) is 11.8 Å². The van der Waals surface area contributed by atoms with Crippen LogP contribution in [0.1, 0.15) is 16.2 Å². The van der Waals surface area contributed by atoms with Gasteiger partial charge in [-0.25, -0.2) is 13.4 Å². The summed E-state index contributed by atoms with van der Waals surface area (Å²) in [6.07, 6.45) is 5.67. The van der Waals surface area contributed by atoms with Gasteiger partial charge in [0.15, 0.2) is 15.7 Å². The second-order valence-electron chi connectivity index (χ2n) is 7.07. The van der Waals surface area contributed by atoms with E-state index in [0.717, 1.165) is 11.8 Å². The summed E-state index contributed by atoms with van der Waals surface area (Å²) in [4.78, 5) is 30.7. The van der Waals surface area contributed by atoms with Gasteiger partial charge in [-0.3, -0.25) is 14.8 Å². The third-order valence-electron chi connectivity index (χ3n) is 4.86. The average Bonchev–Trinajstić information content (AvgIpc) is 3.15. The zero-order valence-corrected chi connectivity index (χ0v) is 17.4. The molecule has 3 aromatic heterocycles. The summed E-state index contributed by atoms with van der Waals surface area (Å²) in [5, 5.41) is 0. The van der Waals surface area contributed by atoms with Crippen LogP contribution in [0.3, 0.4) is 0 Å². The molecule has 0 unspecified atom stereocenters. The van der Waals surface area contributed by atoms with Gasteiger partial charge in [-0.2, -0.15) is 0 Å². The number of hydrogen-bond donors (Lipinski definition) is 1. The first-order chi connectivity index (χ1) is 14.3. The molecule has 0 spiro atoms. The van der Waals surface area contributed by atoms with Gasteiger partial charge in [-0.05, 0) is 30.7 Å². The summed E-state index contributed by atoms with van der Waals surface area (Å²) >= 11 is 0. The largest absolute Gasteiger partial charge is 0.378 e. The van der Waals surface area contributed by atoms with Crippen LogP contribution in [0.15, 0.2) is 41.7 Å². The van der Waals surface area contributed by atoms with Gasteiger partial charge in [0.1, 0.15) is 11.4 Å². The zero-order chi connectivity index (χ0) is 21.3. The lowest BCUT2D eigenvalue weighted by Crippen LogP contribution is -2.41. The van der Waals surface area contributed by atoms with Crippen molar-refractivity contribution in [2.24, 2.45) is 0 Å². The van der Waals surface area contributed by atoms with Gasteiger partial charge in [0.05, 0.1) is 18.1 Å². The lowest BCUT2D eigenvalue weighted by Gasteiger charge is -2.26. The topological polar surface area (TPSA) is 118 Å². The number of nitrogens with one attached hydrogen (secondary N) is 1. The predicted octanol–water partition coefficient (Wildman–Crippen LogP) is 1.72. The number of hydrogen-bond acceptors (Lipinski definition) is 7. The fraction of sp³-hybridized carbons (Fsp3) is 0.300. The molecular formula is C20H21N5O4S. The second kappa shape index (κ2) is 7.96. The second-order valence-corrected chi connectivity index (χ2v) is 9.09. The van der Waals surface area contributed by atoms with Crippen LogP contribution in [-0.4, -0.2) is 71.7 Å². The average molecular weight is 427 g/mol. The van der Waals surface area contributed by atoms with E-state index in [-0.39, 0.29) is 10.8 Å². The number of imidazole rings is 1. The van der Waals surface area contributed by atoms with Crippen molar-refractivity contribution in [2.75, 3.05) is 32.6 Å². The monoisotopic (exact) mass is 427 g/mol. The van der Waals surface area contributed by atoms with Crippen molar-refractivity contribution in [3.05, 3.63) is 48.2 Å². The van der Waals surface area contributed by atoms with Crippen LogP contribution in [0.5, 0.6) is 0 Å². The summed E-state index contributed by atoms with van der Waals surface area (Å²) in [6, 6.07) is 5.12. The first-order valence-corrected chi connectivity index (χ1v) is 11.3. The molecule has 3 aromatic rings. The Bertz CT molecular complexity index is 1200. The van der Waals surface area contributed by atoms with Crippen LogP contribution in [0.2, 0.25) is 0 Å². The predicted molar refractivity (Wildman–Crippen MR) is 110 cm³/mol. The number of nitrogens with zero attached hydrogens (tertiary/aromatic N) is 4. The molecule has 1 fully saturated rings. The first kappa shape index (κ1) is 20.2. The van der Waals surface area contributed by atoms with Crippen molar-refractivity contribution in [3.8, 4) is 22.6 Å². The summed E-state index contributed by atoms with van der Waals surface area (Å²) < 4.78 is 29.0. The Labute approximate surface area is 174 Å². The fourth-order valence-electron chi connectivity index (χ4n) is 3.23. The van der Waals surface area contributed by atoms with E-state index in [0.29, 0.717) is 54.8 Å². The molecule has 1 saturated heterocycles. The maximum atomic E-state index is 12.8. The Balaban J connectivity index is 1.66. The molecule has 0 radical (unpaired) electrons. The number of sulfone groups is 1. The number of aryl methyl sites for hydroxylation is 1. The minimum atomic E-state index is -3.37. The van der Waals surface area contributed by atoms with E-state index in [1.807, 2.05) is 0 Å². The number of amides is 1. The minimum absolute atomic E-state index is 0.139. The van der Waals surface area contributed by atoms with Crippen molar-refractivity contribution in [1.29, 1.82) is 0 Å². The number of pyridine rings is 2. The highest BCUT2D eigenvalue weighted by Crippen LogP contribution is 2.25. The van der Waals surface area contributed by atoms with Gasteiger partial charge < -0.3 is 14.6 Å². The number of morpholine rings is 1. The molecule has 1 amide bonds. The van der Waals surface area contributed by atoms with Crippen molar-refractivity contribution in [1.82, 2.24) is 24.8 Å². The van der Waals surface area contributed by atoms with Gasteiger partial charge in [-0.1, -0.05) is 0 Å². The number of rotatable bonds is 4. The maximum Gasteiger partial charge on any atom is 0.274 e. The van der Waals surface area contributed by atoms with E-state index < -0.39 is 9.84 Å². The van der Waals surface area contributed by atoms with E-state index in [2.05, 4.69) is 19.9 Å². The Hall–Kier alpha value is -3.11. The highest BCUT2D eigenvalue weighted by Gasteiger charge is 2.23. The van der Waals surface area contributed by atoms with Crippen LogP contribution in [0, 0.1) is 6.92 Å². The van der Waals surface area contributed by atoms with Crippen molar-refractivity contribution >= 4 is 15.7 Å². The summed E-state index contributed by atoms with van der Waals surface area (Å²) in [5.74, 6) is 0.331. The summed E-state index contributed by atoms with van der Waals surface area (Å²) in [5.41, 5.74) is 2.96. The van der Waals surface area contributed by atoms with E-state index >= 15 is 0 Å². The number of H-pyrrole nitrogens is 1. The molecule has 1 aliphatic rings. The molecule has 4 rings (SSSR count). The molecule has 10 heteroatoms. The van der Waals surface area contributed by atoms with Gasteiger partial charge in [0.25, 0.3) is 5.91 Å².